The van der Waals surface area contributed by atoms with Crippen molar-refractivity contribution in [3.05, 3.63) is 75.8 Å². The fourth-order valence-electron chi connectivity index (χ4n) is 1.84. The third kappa shape index (κ3) is 5.09. The minimum atomic E-state index is -0.388. The van der Waals surface area contributed by atoms with Crippen LogP contribution in [0.4, 0.5) is 5.69 Å². The molecular weight excluding hydrogens is 264 g/mol. The second kappa shape index (κ2) is 7.83. The van der Waals surface area contributed by atoms with Crippen LogP contribution in [0.5, 0.6) is 0 Å². The van der Waals surface area contributed by atoms with Crippen molar-refractivity contribution in [3.8, 4) is 11.8 Å². The zero-order valence-corrected chi connectivity index (χ0v) is 11.6. The quantitative estimate of drug-likeness (QED) is 0.396. The number of nitro groups is 1. The van der Waals surface area contributed by atoms with Crippen molar-refractivity contribution in [2.45, 2.75) is 6.42 Å². The Labute approximate surface area is 124 Å². The van der Waals surface area contributed by atoms with E-state index in [4.69, 9.17) is 0 Å². The lowest BCUT2D eigenvalue weighted by Gasteiger charge is -2.01. The number of rotatable bonds is 5. The lowest BCUT2D eigenvalue weighted by atomic mass is 10.1. The standard InChI is InChI=1S/C17H16N2O2/c20-19(21)17-10-8-16(9-11-17)12-14-18-13-4-7-15-5-2-1-3-6-15/h1-3,5-6,8-11,18H,12-14H2. The highest BCUT2D eigenvalue weighted by Crippen LogP contribution is 2.11. The minimum absolute atomic E-state index is 0.125. The SMILES string of the molecule is O=[N+]([O-])c1ccc(CCNCC#Cc2ccccc2)cc1. The summed E-state index contributed by atoms with van der Waals surface area (Å²) < 4.78 is 0. The van der Waals surface area contributed by atoms with E-state index in [1.165, 1.54) is 12.1 Å². The van der Waals surface area contributed by atoms with Gasteiger partial charge in [-0.3, -0.25) is 10.1 Å². The predicted molar refractivity (Wildman–Crippen MR) is 83.0 cm³/mol. The monoisotopic (exact) mass is 280 g/mol. The van der Waals surface area contributed by atoms with E-state index in [9.17, 15) is 10.1 Å². The van der Waals surface area contributed by atoms with E-state index in [1.54, 1.807) is 12.1 Å². The molecule has 0 aromatic heterocycles. The Morgan fingerprint density at radius 3 is 2.43 bits per heavy atom. The summed E-state index contributed by atoms with van der Waals surface area (Å²) >= 11 is 0. The van der Waals surface area contributed by atoms with E-state index >= 15 is 0 Å². The molecule has 0 fully saturated rings. The first-order valence-corrected chi connectivity index (χ1v) is 6.74. The molecule has 0 atom stereocenters. The molecule has 0 saturated heterocycles. The molecule has 2 aromatic rings. The maximum Gasteiger partial charge on any atom is 0.269 e. The van der Waals surface area contributed by atoms with Gasteiger partial charge in [0.25, 0.3) is 5.69 Å². The maximum absolute atomic E-state index is 10.5. The molecule has 0 amide bonds. The zero-order chi connectivity index (χ0) is 14.9. The summed E-state index contributed by atoms with van der Waals surface area (Å²) in [7, 11) is 0. The molecule has 2 aromatic carbocycles. The zero-order valence-electron chi connectivity index (χ0n) is 11.6. The van der Waals surface area contributed by atoms with Crippen molar-refractivity contribution >= 4 is 5.69 Å². The number of benzene rings is 2. The van der Waals surface area contributed by atoms with Crippen molar-refractivity contribution in [2.75, 3.05) is 13.1 Å². The fraction of sp³-hybridized carbons (Fsp3) is 0.176. The van der Waals surface area contributed by atoms with Crippen molar-refractivity contribution < 1.29 is 4.92 Å². The van der Waals surface area contributed by atoms with E-state index in [0.29, 0.717) is 6.54 Å². The van der Waals surface area contributed by atoms with Crippen LogP contribution in [0.15, 0.2) is 54.6 Å². The van der Waals surface area contributed by atoms with Crippen LogP contribution in [-0.2, 0) is 6.42 Å². The number of nitrogens with one attached hydrogen (secondary N) is 1. The van der Waals surface area contributed by atoms with Gasteiger partial charge in [0.1, 0.15) is 0 Å². The summed E-state index contributed by atoms with van der Waals surface area (Å²) in [6.07, 6.45) is 0.824. The molecule has 1 N–H and O–H groups in total. The van der Waals surface area contributed by atoms with Gasteiger partial charge in [-0.15, -0.1) is 0 Å². The lowest BCUT2D eigenvalue weighted by molar-refractivity contribution is -0.384. The molecule has 0 saturated carbocycles. The number of nitrogens with zero attached hydrogens (tertiary/aromatic N) is 1. The van der Waals surface area contributed by atoms with Crippen molar-refractivity contribution in [2.24, 2.45) is 0 Å². The molecule has 4 nitrogen and oxygen atoms in total. The molecule has 0 spiro atoms. The van der Waals surface area contributed by atoms with Crippen molar-refractivity contribution in [1.29, 1.82) is 0 Å². The van der Waals surface area contributed by atoms with E-state index in [1.807, 2.05) is 30.3 Å². The van der Waals surface area contributed by atoms with Crippen LogP contribution in [0.1, 0.15) is 11.1 Å². The average molecular weight is 280 g/mol. The molecule has 106 valence electrons. The third-order valence-corrected chi connectivity index (χ3v) is 2.96. The number of hydrogen-bond acceptors (Lipinski definition) is 3. The van der Waals surface area contributed by atoms with Crippen LogP contribution < -0.4 is 5.32 Å². The van der Waals surface area contributed by atoms with Crippen molar-refractivity contribution in [1.82, 2.24) is 5.32 Å². The molecule has 0 aliphatic carbocycles. The molecule has 0 heterocycles. The van der Waals surface area contributed by atoms with Gasteiger partial charge < -0.3 is 5.32 Å². The topological polar surface area (TPSA) is 55.2 Å². The second-order valence-electron chi connectivity index (χ2n) is 4.52. The lowest BCUT2D eigenvalue weighted by Crippen LogP contribution is -2.17. The van der Waals surface area contributed by atoms with Gasteiger partial charge in [0.2, 0.25) is 0 Å². The Balaban J connectivity index is 1.70. The summed E-state index contributed by atoms with van der Waals surface area (Å²) in [5.41, 5.74) is 2.21. The first-order chi connectivity index (χ1) is 10.3. The van der Waals surface area contributed by atoms with Gasteiger partial charge in [-0.1, -0.05) is 42.2 Å². The Morgan fingerprint density at radius 1 is 1.05 bits per heavy atom. The van der Waals surface area contributed by atoms with Gasteiger partial charge in [0.05, 0.1) is 11.5 Å². The van der Waals surface area contributed by atoms with Crippen molar-refractivity contribution in [3.63, 3.8) is 0 Å². The van der Waals surface area contributed by atoms with Gasteiger partial charge in [0.15, 0.2) is 0 Å². The summed E-state index contributed by atoms with van der Waals surface area (Å²) in [6, 6.07) is 16.5. The molecule has 0 aliphatic heterocycles. The predicted octanol–water partition coefficient (Wildman–Crippen LogP) is 2.78. The maximum atomic E-state index is 10.5. The van der Waals surface area contributed by atoms with Gasteiger partial charge in [-0.2, -0.15) is 0 Å². The van der Waals surface area contributed by atoms with Gasteiger partial charge in [-0.25, -0.2) is 0 Å². The first-order valence-electron chi connectivity index (χ1n) is 6.74. The molecule has 0 aliphatic rings. The molecule has 0 unspecified atom stereocenters. The Hall–Kier alpha value is -2.64. The first kappa shape index (κ1) is 14.8. The molecular formula is C17H16N2O2. The summed E-state index contributed by atoms with van der Waals surface area (Å²) in [6.45, 7) is 1.42. The summed E-state index contributed by atoms with van der Waals surface area (Å²) in [4.78, 5) is 10.2. The van der Waals surface area contributed by atoms with Crippen LogP contribution in [0, 0.1) is 22.0 Å². The number of nitro benzene ring substituents is 1. The second-order valence-corrected chi connectivity index (χ2v) is 4.52. The van der Waals surface area contributed by atoms with E-state index in [-0.39, 0.29) is 10.6 Å². The average Bonchev–Trinajstić information content (AvgIpc) is 2.52. The Morgan fingerprint density at radius 2 is 1.76 bits per heavy atom. The van der Waals surface area contributed by atoms with Crippen LogP contribution in [0.25, 0.3) is 0 Å². The van der Waals surface area contributed by atoms with Crippen LogP contribution in [-0.4, -0.2) is 18.0 Å². The van der Waals surface area contributed by atoms with E-state index < -0.39 is 0 Å². The highest BCUT2D eigenvalue weighted by Gasteiger charge is 2.03. The van der Waals surface area contributed by atoms with Crippen LogP contribution in [0.2, 0.25) is 0 Å². The highest BCUT2D eigenvalue weighted by molar-refractivity contribution is 5.34. The summed E-state index contributed by atoms with van der Waals surface area (Å²) in [5, 5.41) is 13.8. The normalized spacial score (nSPS) is 9.71. The van der Waals surface area contributed by atoms with E-state index in [0.717, 1.165) is 24.1 Å². The molecule has 0 bridgehead atoms. The Bertz CT molecular complexity index is 640. The van der Waals surface area contributed by atoms with Gasteiger partial charge >= 0.3 is 0 Å². The van der Waals surface area contributed by atoms with E-state index in [2.05, 4.69) is 17.2 Å². The Kier molecular flexibility index (Phi) is 5.50. The largest absolute Gasteiger partial charge is 0.306 e. The molecule has 2 rings (SSSR count). The molecule has 0 radical (unpaired) electrons. The number of non-ortho nitro benzene ring substituents is 1. The fourth-order valence-corrected chi connectivity index (χ4v) is 1.84. The molecule has 21 heavy (non-hydrogen) atoms. The van der Waals surface area contributed by atoms with Gasteiger partial charge in [0, 0.05) is 24.2 Å². The minimum Gasteiger partial charge on any atom is -0.306 e. The number of hydrogen-bond donors (Lipinski definition) is 1. The highest BCUT2D eigenvalue weighted by atomic mass is 16.6. The van der Waals surface area contributed by atoms with Crippen LogP contribution >= 0.6 is 0 Å². The molecule has 4 heteroatoms. The third-order valence-electron chi connectivity index (χ3n) is 2.96. The summed E-state index contributed by atoms with van der Waals surface area (Å²) in [5.74, 6) is 6.14. The smallest absolute Gasteiger partial charge is 0.269 e. The van der Waals surface area contributed by atoms with Crippen LogP contribution in [0.3, 0.4) is 0 Å². The van der Waals surface area contributed by atoms with Gasteiger partial charge in [-0.05, 0) is 24.1 Å².